The Balaban J connectivity index is 1.42. The van der Waals surface area contributed by atoms with Crippen LogP contribution in [-0.2, 0) is 21.4 Å². The SMILES string of the molecule is O=C(Nc1cccc(CN2CCCCC2=O)c1)c1cccc(S(=O)(=O)NCC2CC2)c1. The summed E-state index contributed by atoms with van der Waals surface area (Å²) < 4.78 is 27.6. The quantitative estimate of drug-likeness (QED) is 0.658. The zero-order valence-electron chi connectivity index (χ0n) is 17.3. The van der Waals surface area contributed by atoms with Gasteiger partial charge in [-0.25, -0.2) is 13.1 Å². The second-order valence-corrected chi connectivity index (χ2v) is 10.0. The number of rotatable bonds is 8. The zero-order valence-corrected chi connectivity index (χ0v) is 18.2. The Morgan fingerprint density at radius 3 is 2.65 bits per heavy atom. The van der Waals surface area contributed by atoms with E-state index in [1.165, 1.54) is 12.1 Å². The molecule has 1 aliphatic carbocycles. The first-order valence-electron chi connectivity index (χ1n) is 10.7. The fraction of sp³-hybridized carbons (Fsp3) is 0.391. The third kappa shape index (κ3) is 5.71. The molecule has 2 fully saturated rings. The number of piperidine rings is 1. The molecule has 0 atom stereocenters. The first-order valence-corrected chi connectivity index (χ1v) is 12.2. The van der Waals surface area contributed by atoms with Crippen molar-refractivity contribution in [1.82, 2.24) is 9.62 Å². The molecule has 1 aliphatic heterocycles. The number of hydrogen-bond donors (Lipinski definition) is 2. The second-order valence-electron chi connectivity index (χ2n) is 8.25. The zero-order chi connectivity index (χ0) is 21.8. The summed E-state index contributed by atoms with van der Waals surface area (Å²) in [5.74, 6) is 0.202. The summed E-state index contributed by atoms with van der Waals surface area (Å²) in [4.78, 5) is 26.7. The van der Waals surface area contributed by atoms with E-state index in [-0.39, 0.29) is 22.3 Å². The summed E-state index contributed by atoms with van der Waals surface area (Å²) in [6.07, 6.45) is 4.64. The molecule has 164 valence electrons. The standard InChI is InChI=1S/C23H27N3O4S/c27-22-9-1-2-12-26(22)16-18-5-3-7-20(13-18)25-23(28)19-6-4-8-21(14-19)31(29,30)24-15-17-10-11-17/h3-8,13-14,17,24H,1-2,9-12,15-16H2,(H,25,28). The molecule has 31 heavy (non-hydrogen) atoms. The Morgan fingerprint density at radius 2 is 1.87 bits per heavy atom. The lowest BCUT2D eigenvalue weighted by atomic mass is 10.1. The molecule has 0 bridgehead atoms. The molecule has 0 spiro atoms. The summed E-state index contributed by atoms with van der Waals surface area (Å²) >= 11 is 0. The molecular weight excluding hydrogens is 414 g/mol. The smallest absolute Gasteiger partial charge is 0.255 e. The maximum absolute atomic E-state index is 12.7. The van der Waals surface area contributed by atoms with Crippen LogP contribution < -0.4 is 10.0 Å². The van der Waals surface area contributed by atoms with E-state index in [1.54, 1.807) is 18.2 Å². The van der Waals surface area contributed by atoms with Crippen LogP contribution in [0, 0.1) is 5.92 Å². The monoisotopic (exact) mass is 441 g/mol. The van der Waals surface area contributed by atoms with Crippen LogP contribution in [-0.4, -0.2) is 38.2 Å². The average Bonchev–Trinajstić information content (AvgIpc) is 3.59. The van der Waals surface area contributed by atoms with Gasteiger partial charge in [-0.3, -0.25) is 9.59 Å². The third-order valence-corrected chi connectivity index (χ3v) is 7.07. The lowest BCUT2D eigenvalue weighted by molar-refractivity contribution is -0.133. The van der Waals surface area contributed by atoms with Crippen molar-refractivity contribution in [3.63, 3.8) is 0 Å². The molecule has 0 radical (unpaired) electrons. The molecule has 4 rings (SSSR count). The van der Waals surface area contributed by atoms with E-state index in [0.717, 1.165) is 37.8 Å². The molecule has 0 aromatic heterocycles. The van der Waals surface area contributed by atoms with Gasteiger partial charge in [0.05, 0.1) is 4.90 Å². The topological polar surface area (TPSA) is 95.6 Å². The number of benzene rings is 2. The van der Waals surface area contributed by atoms with Gasteiger partial charge in [-0.15, -0.1) is 0 Å². The van der Waals surface area contributed by atoms with Crippen LogP contribution in [0.4, 0.5) is 5.69 Å². The number of carbonyl (C=O) groups excluding carboxylic acids is 2. The number of anilines is 1. The molecule has 2 amide bonds. The Labute approximate surface area is 182 Å². The van der Waals surface area contributed by atoms with Gasteiger partial charge in [0.15, 0.2) is 0 Å². The van der Waals surface area contributed by atoms with Crippen LogP contribution in [0.15, 0.2) is 53.4 Å². The van der Waals surface area contributed by atoms with Gasteiger partial charge in [0.1, 0.15) is 0 Å². The molecule has 1 saturated carbocycles. The first kappa shape index (κ1) is 21.5. The molecule has 8 heteroatoms. The highest BCUT2D eigenvalue weighted by Gasteiger charge is 2.24. The highest BCUT2D eigenvalue weighted by molar-refractivity contribution is 7.89. The van der Waals surface area contributed by atoms with Crippen molar-refractivity contribution < 1.29 is 18.0 Å². The Hall–Kier alpha value is -2.71. The summed E-state index contributed by atoms with van der Waals surface area (Å²) in [5, 5.41) is 2.83. The fourth-order valence-corrected chi connectivity index (χ4v) is 4.80. The minimum atomic E-state index is -3.64. The molecule has 2 aliphatic rings. The lowest BCUT2D eigenvalue weighted by Gasteiger charge is -2.26. The van der Waals surface area contributed by atoms with Gasteiger partial charge in [-0.2, -0.15) is 0 Å². The predicted molar refractivity (Wildman–Crippen MR) is 118 cm³/mol. The van der Waals surface area contributed by atoms with Crippen LogP contribution >= 0.6 is 0 Å². The number of carbonyl (C=O) groups is 2. The third-order valence-electron chi connectivity index (χ3n) is 5.65. The van der Waals surface area contributed by atoms with Crippen molar-refractivity contribution >= 4 is 27.5 Å². The van der Waals surface area contributed by atoms with Crippen LogP contribution in [0.3, 0.4) is 0 Å². The number of sulfonamides is 1. The Kier molecular flexibility index (Phi) is 6.38. The normalized spacial score (nSPS) is 16.9. The molecule has 7 nitrogen and oxygen atoms in total. The lowest BCUT2D eigenvalue weighted by Crippen LogP contribution is -2.34. The van der Waals surface area contributed by atoms with Crippen molar-refractivity contribution in [3.8, 4) is 0 Å². The van der Waals surface area contributed by atoms with Crippen molar-refractivity contribution in [2.75, 3.05) is 18.4 Å². The van der Waals surface area contributed by atoms with Gasteiger partial charge < -0.3 is 10.2 Å². The molecule has 2 N–H and O–H groups in total. The van der Waals surface area contributed by atoms with Crippen LogP contribution in [0.5, 0.6) is 0 Å². The van der Waals surface area contributed by atoms with E-state index in [9.17, 15) is 18.0 Å². The summed E-state index contributed by atoms with van der Waals surface area (Å²) in [5.41, 5.74) is 1.81. The van der Waals surface area contributed by atoms with Gasteiger partial charge >= 0.3 is 0 Å². The summed E-state index contributed by atoms with van der Waals surface area (Å²) in [7, 11) is -3.64. The van der Waals surface area contributed by atoms with Gasteiger partial charge in [-0.1, -0.05) is 18.2 Å². The van der Waals surface area contributed by atoms with E-state index in [0.29, 0.717) is 31.1 Å². The van der Waals surface area contributed by atoms with Crippen molar-refractivity contribution in [3.05, 3.63) is 59.7 Å². The van der Waals surface area contributed by atoms with E-state index in [1.807, 2.05) is 23.1 Å². The van der Waals surface area contributed by atoms with E-state index in [4.69, 9.17) is 0 Å². The van der Waals surface area contributed by atoms with Crippen LogP contribution in [0.25, 0.3) is 0 Å². The van der Waals surface area contributed by atoms with Gasteiger partial charge in [-0.05, 0) is 67.5 Å². The number of likely N-dealkylation sites (tertiary alicyclic amines) is 1. The molecule has 1 heterocycles. The average molecular weight is 442 g/mol. The largest absolute Gasteiger partial charge is 0.338 e. The highest BCUT2D eigenvalue weighted by atomic mass is 32.2. The van der Waals surface area contributed by atoms with Gasteiger partial charge in [0.25, 0.3) is 5.91 Å². The first-order chi connectivity index (χ1) is 14.9. The van der Waals surface area contributed by atoms with E-state index in [2.05, 4.69) is 10.0 Å². The number of hydrogen-bond acceptors (Lipinski definition) is 4. The maximum Gasteiger partial charge on any atom is 0.255 e. The van der Waals surface area contributed by atoms with Crippen molar-refractivity contribution in [2.24, 2.45) is 5.92 Å². The second kappa shape index (κ2) is 9.20. The van der Waals surface area contributed by atoms with E-state index < -0.39 is 10.0 Å². The molecule has 0 unspecified atom stereocenters. The molecule has 2 aromatic rings. The molecule has 1 saturated heterocycles. The van der Waals surface area contributed by atoms with Crippen molar-refractivity contribution in [1.29, 1.82) is 0 Å². The Morgan fingerprint density at radius 1 is 1.06 bits per heavy atom. The number of amides is 2. The minimum Gasteiger partial charge on any atom is -0.338 e. The van der Waals surface area contributed by atoms with Gasteiger partial charge in [0.2, 0.25) is 15.9 Å². The van der Waals surface area contributed by atoms with Gasteiger partial charge in [0, 0.05) is 37.3 Å². The number of nitrogens with zero attached hydrogens (tertiary/aromatic N) is 1. The highest BCUT2D eigenvalue weighted by Crippen LogP contribution is 2.28. The molecule has 2 aromatic carbocycles. The molecular formula is C23H27N3O4S. The summed E-state index contributed by atoms with van der Waals surface area (Å²) in [6, 6.07) is 13.4. The fourth-order valence-electron chi connectivity index (χ4n) is 3.64. The van der Waals surface area contributed by atoms with Crippen molar-refractivity contribution in [2.45, 2.75) is 43.5 Å². The summed E-state index contributed by atoms with van der Waals surface area (Å²) in [6.45, 7) is 1.71. The number of nitrogens with one attached hydrogen (secondary N) is 2. The van der Waals surface area contributed by atoms with Crippen LogP contribution in [0.2, 0.25) is 0 Å². The van der Waals surface area contributed by atoms with E-state index >= 15 is 0 Å². The minimum absolute atomic E-state index is 0.0816. The maximum atomic E-state index is 12.7. The van der Waals surface area contributed by atoms with Crippen LogP contribution in [0.1, 0.15) is 48.0 Å². The predicted octanol–water partition coefficient (Wildman–Crippen LogP) is 3.14. The Bertz CT molecular complexity index is 1080.